The summed E-state index contributed by atoms with van der Waals surface area (Å²) in [4.78, 5) is 4.20. The van der Waals surface area contributed by atoms with Crippen LogP contribution in [-0.4, -0.2) is 38.3 Å². The van der Waals surface area contributed by atoms with Crippen LogP contribution in [0.2, 0.25) is 0 Å². The molecule has 22 heavy (non-hydrogen) atoms. The van der Waals surface area contributed by atoms with Crippen LogP contribution in [0, 0.1) is 0 Å². The molecule has 6 heteroatoms. The second-order valence-electron chi connectivity index (χ2n) is 5.93. The molecule has 0 aromatic heterocycles. The summed E-state index contributed by atoms with van der Waals surface area (Å²) in [5.41, 5.74) is -0.0259. The van der Waals surface area contributed by atoms with Crippen LogP contribution in [0.3, 0.4) is 0 Å². The Kier molecular flexibility index (Phi) is 9.24. The van der Waals surface area contributed by atoms with Gasteiger partial charge in [0.15, 0.2) is 5.96 Å². The third kappa shape index (κ3) is 8.31. The summed E-state index contributed by atoms with van der Waals surface area (Å²) in [6.45, 7) is 8.97. The second-order valence-corrected chi connectivity index (χ2v) is 5.93. The summed E-state index contributed by atoms with van der Waals surface area (Å²) in [5, 5.41) is 6.56. The minimum atomic E-state index is -0.0259. The molecule has 0 saturated carbocycles. The number of hydrogen-bond donors (Lipinski definition) is 2. The zero-order valence-corrected chi connectivity index (χ0v) is 16.6. The van der Waals surface area contributed by atoms with Crippen LogP contribution in [0.1, 0.15) is 27.7 Å². The summed E-state index contributed by atoms with van der Waals surface area (Å²) in [5.74, 6) is 2.42. The van der Waals surface area contributed by atoms with Gasteiger partial charge in [0.05, 0.1) is 13.7 Å². The van der Waals surface area contributed by atoms with Gasteiger partial charge in [0.25, 0.3) is 0 Å². The summed E-state index contributed by atoms with van der Waals surface area (Å²) >= 11 is 0. The molecule has 0 aliphatic heterocycles. The van der Waals surface area contributed by atoms with Gasteiger partial charge < -0.3 is 20.1 Å². The van der Waals surface area contributed by atoms with E-state index in [1.54, 1.807) is 14.2 Å². The first-order chi connectivity index (χ1) is 9.84. The van der Waals surface area contributed by atoms with Gasteiger partial charge in [-0.3, -0.25) is 4.99 Å². The normalized spacial score (nSPS) is 12.9. The van der Waals surface area contributed by atoms with Crippen LogP contribution in [-0.2, 0) is 0 Å². The first-order valence-corrected chi connectivity index (χ1v) is 7.13. The van der Waals surface area contributed by atoms with Gasteiger partial charge in [0.1, 0.15) is 17.6 Å². The van der Waals surface area contributed by atoms with Crippen molar-refractivity contribution in [1.29, 1.82) is 0 Å². The third-order valence-corrected chi connectivity index (χ3v) is 2.67. The third-order valence-electron chi connectivity index (χ3n) is 2.67. The Bertz CT molecular complexity index is 455. The van der Waals surface area contributed by atoms with Crippen LogP contribution in [0.5, 0.6) is 11.5 Å². The maximum atomic E-state index is 5.84. The van der Waals surface area contributed by atoms with Crippen molar-refractivity contribution < 1.29 is 9.47 Å². The van der Waals surface area contributed by atoms with Gasteiger partial charge in [-0.15, -0.1) is 24.0 Å². The Morgan fingerprint density at radius 3 is 2.18 bits per heavy atom. The fourth-order valence-electron chi connectivity index (χ4n) is 1.70. The average Bonchev–Trinajstić information content (AvgIpc) is 2.43. The van der Waals surface area contributed by atoms with E-state index in [0.717, 1.165) is 17.5 Å². The van der Waals surface area contributed by atoms with Crippen molar-refractivity contribution in [2.75, 3.05) is 20.7 Å². The van der Waals surface area contributed by atoms with Crippen molar-refractivity contribution in [1.82, 2.24) is 10.6 Å². The van der Waals surface area contributed by atoms with Gasteiger partial charge >= 0.3 is 0 Å². The molecule has 0 spiro atoms. The van der Waals surface area contributed by atoms with E-state index in [4.69, 9.17) is 9.47 Å². The minimum Gasteiger partial charge on any atom is -0.497 e. The molecule has 1 aromatic rings. The lowest BCUT2D eigenvalue weighted by atomic mass is 10.1. The predicted octanol–water partition coefficient (Wildman–Crippen LogP) is 3.04. The van der Waals surface area contributed by atoms with Gasteiger partial charge in [0, 0.05) is 12.6 Å². The van der Waals surface area contributed by atoms with Gasteiger partial charge in [-0.05, 0) is 52.0 Å². The van der Waals surface area contributed by atoms with E-state index in [9.17, 15) is 0 Å². The van der Waals surface area contributed by atoms with E-state index in [0.29, 0.717) is 6.54 Å². The molecule has 2 N–H and O–H groups in total. The van der Waals surface area contributed by atoms with Gasteiger partial charge in [-0.25, -0.2) is 0 Å². The zero-order valence-electron chi connectivity index (χ0n) is 14.3. The summed E-state index contributed by atoms with van der Waals surface area (Å²) in [6, 6.07) is 7.57. The Labute approximate surface area is 150 Å². The largest absolute Gasteiger partial charge is 0.497 e. The lowest BCUT2D eigenvalue weighted by Gasteiger charge is -2.25. The second kappa shape index (κ2) is 9.76. The Balaban J connectivity index is 0.00000441. The number of nitrogens with zero attached hydrogens (tertiary/aromatic N) is 1. The number of rotatable bonds is 5. The maximum absolute atomic E-state index is 5.84. The SMILES string of the molecule is CN=C(NCC(C)Oc1ccc(OC)cc1)NC(C)(C)C.I. The smallest absolute Gasteiger partial charge is 0.191 e. The maximum Gasteiger partial charge on any atom is 0.191 e. The minimum absolute atomic E-state index is 0. The van der Waals surface area contributed by atoms with Gasteiger partial charge in [-0.1, -0.05) is 0 Å². The lowest BCUT2D eigenvalue weighted by molar-refractivity contribution is 0.223. The molecule has 1 unspecified atom stereocenters. The molecule has 126 valence electrons. The summed E-state index contributed by atoms with van der Waals surface area (Å²) < 4.78 is 11.0. The molecule has 0 bridgehead atoms. The highest BCUT2D eigenvalue weighted by molar-refractivity contribution is 14.0. The number of benzene rings is 1. The van der Waals surface area contributed by atoms with E-state index >= 15 is 0 Å². The van der Waals surface area contributed by atoms with E-state index < -0.39 is 0 Å². The van der Waals surface area contributed by atoms with E-state index in [1.807, 2.05) is 31.2 Å². The topological polar surface area (TPSA) is 54.9 Å². The average molecular weight is 421 g/mol. The van der Waals surface area contributed by atoms with Crippen LogP contribution in [0.25, 0.3) is 0 Å². The molecule has 0 heterocycles. The molecular formula is C16H28IN3O2. The van der Waals surface area contributed by atoms with Crippen molar-refractivity contribution in [3.8, 4) is 11.5 Å². The first kappa shape index (κ1) is 20.8. The Hall–Kier alpha value is -1.18. The molecule has 0 fully saturated rings. The highest BCUT2D eigenvalue weighted by atomic mass is 127. The molecule has 0 radical (unpaired) electrons. The predicted molar refractivity (Wildman–Crippen MR) is 103 cm³/mol. The monoisotopic (exact) mass is 421 g/mol. The number of nitrogens with one attached hydrogen (secondary N) is 2. The first-order valence-electron chi connectivity index (χ1n) is 7.13. The molecule has 0 amide bonds. The Morgan fingerprint density at radius 1 is 1.18 bits per heavy atom. The van der Waals surface area contributed by atoms with Crippen LogP contribution in [0.4, 0.5) is 0 Å². The molecule has 0 aliphatic rings. The van der Waals surface area contributed by atoms with Gasteiger partial charge in [0.2, 0.25) is 0 Å². The van der Waals surface area contributed by atoms with E-state index in [2.05, 4.69) is 36.4 Å². The molecule has 1 aromatic carbocycles. The van der Waals surface area contributed by atoms with E-state index in [1.165, 1.54) is 0 Å². The number of aliphatic imine (C=N–C) groups is 1. The molecule has 0 saturated heterocycles. The van der Waals surface area contributed by atoms with E-state index in [-0.39, 0.29) is 35.6 Å². The number of halogens is 1. The molecule has 1 atom stereocenters. The van der Waals surface area contributed by atoms with Crippen molar-refractivity contribution in [2.24, 2.45) is 4.99 Å². The molecule has 0 aliphatic carbocycles. The Morgan fingerprint density at radius 2 is 1.73 bits per heavy atom. The van der Waals surface area contributed by atoms with Crippen LogP contribution >= 0.6 is 24.0 Å². The fraction of sp³-hybridized carbons (Fsp3) is 0.562. The summed E-state index contributed by atoms with van der Waals surface area (Å²) in [6.07, 6.45) is 0.0249. The molecule has 5 nitrogen and oxygen atoms in total. The highest BCUT2D eigenvalue weighted by Crippen LogP contribution is 2.17. The molecule has 1 rings (SSSR count). The summed E-state index contributed by atoms with van der Waals surface area (Å²) in [7, 11) is 3.41. The zero-order chi connectivity index (χ0) is 15.9. The quantitative estimate of drug-likeness (QED) is 0.436. The van der Waals surface area contributed by atoms with Gasteiger partial charge in [-0.2, -0.15) is 0 Å². The number of methoxy groups -OCH3 is 1. The standard InChI is InChI=1S/C16H27N3O2.HI/c1-12(11-18-15(17-5)19-16(2,3)4)21-14-9-7-13(20-6)8-10-14;/h7-10,12H,11H2,1-6H3,(H2,17,18,19);1H. The molecular weight excluding hydrogens is 393 g/mol. The lowest BCUT2D eigenvalue weighted by Crippen LogP contribution is -2.49. The van der Waals surface area contributed by atoms with Crippen LogP contribution < -0.4 is 20.1 Å². The number of ether oxygens (including phenoxy) is 2. The fourth-order valence-corrected chi connectivity index (χ4v) is 1.70. The van der Waals surface area contributed by atoms with Crippen molar-refractivity contribution in [3.63, 3.8) is 0 Å². The number of guanidine groups is 1. The van der Waals surface area contributed by atoms with Crippen molar-refractivity contribution >= 4 is 29.9 Å². The van der Waals surface area contributed by atoms with Crippen molar-refractivity contribution in [2.45, 2.75) is 39.3 Å². The van der Waals surface area contributed by atoms with Crippen LogP contribution in [0.15, 0.2) is 29.3 Å². The highest BCUT2D eigenvalue weighted by Gasteiger charge is 2.12. The van der Waals surface area contributed by atoms with Crippen molar-refractivity contribution in [3.05, 3.63) is 24.3 Å². The number of hydrogen-bond acceptors (Lipinski definition) is 3.